The molecule has 2 aromatic rings. The summed E-state index contributed by atoms with van der Waals surface area (Å²) in [7, 11) is 0. The molecule has 22 heavy (non-hydrogen) atoms. The van der Waals surface area contributed by atoms with Crippen LogP contribution in [-0.4, -0.2) is 13.2 Å². The Morgan fingerprint density at radius 1 is 1.23 bits per heavy atom. The fourth-order valence-corrected chi connectivity index (χ4v) is 2.61. The van der Waals surface area contributed by atoms with Crippen molar-refractivity contribution in [3.8, 4) is 11.5 Å². The van der Waals surface area contributed by atoms with Crippen molar-refractivity contribution < 1.29 is 13.9 Å². The number of fused-ring (bicyclic) bond motifs is 1. The van der Waals surface area contributed by atoms with Crippen molar-refractivity contribution in [2.45, 2.75) is 26.4 Å². The monoisotopic (exact) mass is 343 g/mol. The van der Waals surface area contributed by atoms with Crippen LogP contribution in [-0.2, 0) is 6.54 Å². The summed E-state index contributed by atoms with van der Waals surface area (Å²) >= 11 is 6.23. The van der Waals surface area contributed by atoms with Gasteiger partial charge in [-0.1, -0.05) is 11.6 Å². The first-order valence-electron chi connectivity index (χ1n) is 7.01. The van der Waals surface area contributed by atoms with Crippen LogP contribution in [0.15, 0.2) is 28.7 Å². The third kappa shape index (κ3) is 3.69. The van der Waals surface area contributed by atoms with E-state index < -0.39 is 0 Å². The van der Waals surface area contributed by atoms with Crippen LogP contribution in [0.3, 0.4) is 0 Å². The van der Waals surface area contributed by atoms with Gasteiger partial charge in [0.15, 0.2) is 11.5 Å². The SMILES string of the molecule is Cc1ccc(C(C)NCc2cc(Cl)c3c(c2)OCCO3)o1.Cl. The lowest BCUT2D eigenvalue weighted by atomic mass is 10.1. The van der Waals surface area contributed by atoms with E-state index >= 15 is 0 Å². The number of rotatable bonds is 4. The summed E-state index contributed by atoms with van der Waals surface area (Å²) in [6.45, 7) is 5.79. The minimum Gasteiger partial charge on any atom is -0.486 e. The molecule has 3 rings (SSSR count). The summed E-state index contributed by atoms with van der Waals surface area (Å²) in [5.74, 6) is 3.20. The van der Waals surface area contributed by atoms with Gasteiger partial charge in [-0.15, -0.1) is 12.4 Å². The summed E-state index contributed by atoms with van der Waals surface area (Å²) in [6, 6.07) is 7.96. The van der Waals surface area contributed by atoms with Crippen molar-refractivity contribution >= 4 is 24.0 Å². The zero-order chi connectivity index (χ0) is 14.8. The molecule has 0 saturated carbocycles. The molecule has 0 spiro atoms. The Kier molecular flexibility index (Phi) is 5.62. The lowest BCUT2D eigenvalue weighted by Crippen LogP contribution is -2.19. The molecule has 0 radical (unpaired) electrons. The second kappa shape index (κ2) is 7.27. The van der Waals surface area contributed by atoms with Crippen molar-refractivity contribution in [3.63, 3.8) is 0 Å². The smallest absolute Gasteiger partial charge is 0.179 e. The summed E-state index contributed by atoms with van der Waals surface area (Å²) < 4.78 is 16.7. The molecule has 1 N–H and O–H groups in total. The lowest BCUT2D eigenvalue weighted by Gasteiger charge is -2.20. The average molecular weight is 344 g/mol. The molecule has 4 nitrogen and oxygen atoms in total. The minimum atomic E-state index is 0. The Bertz CT molecular complexity index is 642. The number of nitrogens with one attached hydrogen (secondary N) is 1. The third-order valence-electron chi connectivity index (χ3n) is 3.46. The van der Waals surface area contributed by atoms with Crippen LogP contribution in [0.2, 0.25) is 5.02 Å². The molecule has 0 saturated heterocycles. The molecular formula is C16H19Cl2NO3. The molecule has 1 unspecified atom stereocenters. The Balaban J connectivity index is 0.00000176. The molecule has 1 aromatic heterocycles. The second-order valence-corrected chi connectivity index (χ2v) is 5.56. The fourth-order valence-electron chi connectivity index (χ4n) is 2.32. The number of ether oxygens (including phenoxy) is 2. The van der Waals surface area contributed by atoms with Crippen molar-refractivity contribution in [1.82, 2.24) is 5.32 Å². The van der Waals surface area contributed by atoms with E-state index in [-0.39, 0.29) is 18.4 Å². The molecule has 1 atom stereocenters. The van der Waals surface area contributed by atoms with Gasteiger partial charge in [0.25, 0.3) is 0 Å². The highest BCUT2D eigenvalue weighted by Crippen LogP contribution is 2.38. The van der Waals surface area contributed by atoms with E-state index in [1.165, 1.54) is 0 Å². The van der Waals surface area contributed by atoms with Crippen LogP contribution < -0.4 is 14.8 Å². The molecule has 6 heteroatoms. The van der Waals surface area contributed by atoms with Crippen LogP contribution in [0.25, 0.3) is 0 Å². The number of hydrogen-bond donors (Lipinski definition) is 1. The van der Waals surface area contributed by atoms with E-state index in [0.29, 0.717) is 36.3 Å². The van der Waals surface area contributed by atoms with Gasteiger partial charge in [-0.25, -0.2) is 0 Å². The van der Waals surface area contributed by atoms with E-state index in [2.05, 4.69) is 12.2 Å². The standard InChI is InChI=1S/C16H18ClNO3.ClH/c1-10-3-4-14(21-10)11(2)18-9-12-7-13(17)16-15(8-12)19-5-6-20-16;/h3-4,7-8,11,18H,5-6,9H2,1-2H3;1H. The number of hydrogen-bond acceptors (Lipinski definition) is 4. The Hall–Kier alpha value is -1.36. The molecule has 0 bridgehead atoms. The van der Waals surface area contributed by atoms with E-state index in [9.17, 15) is 0 Å². The molecule has 2 heterocycles. The fraction of sp³-hybridized carbons (Fsp3) is 0.375. The van der Waals surface area contributed by atoms with Gasteiger partial charge < -0.3 is 19.2 Å². The van der Waals surface area contributed by atoms with Crippen molar-refractivity contribution in [1.29, 1.82) is 0 Å². The molecule has 1 aliphatic rings. The number of furan rings is 1. The van der Waals surface area contributed by atoms with Gasteiger partial charge in [-0.2, -0.15) is 0 Å². The second-order valence-electron chi connectivity index (χ2n) is 5.15. The van der Waals surface area contributed by atoms with E-state index in [1.807, 2.05) is 31.2 Å². The molecule has 0 fully saturated rings. The number of aryl methyl sites for hydroxylation is 1. The topological polar surface area (TPSA) is 43.6 Å². The first-order chi connectivity index (χ1) is 10.1. The highest BCUT2D eigenvalue weighted by molar-refractivity contribution is 6.32. The van der Waals surface area contributed by atoms with Gasteiger partial charge >= 0.3 is 0 Å². The van der Waals surface area contributed by atoms with Gasteiger partial charge in [-0.05, 0) is 43.7 Å². The van der Waals surface area contributed by atoms with E-state index in [4.69, 9.17) is 25.5 Å². The lowest BCUT2D eigenvalue weighted by molar-refractivity contribution is 0.171. The predicted molar refractivity (Wildman–Crippen MR) is 88.4 cm³/mol. The summed E-state index contributed by atoms with van der Waals surface area (Å²) in [4.78, 5) is 0. The van der Waals surface area contributed by atoms with Gasteiger partial charge in [0, 0.05) is 6.54 Å². The maximum atomic E-state index is 6.23. The molecule has 120 valence electrons. The van der Waals surface area contributed by atoms with E-state index in [0.717, 1.165) is 17.1 Å². The summed E-state index contributed by atoms with van der Waals surface area (Å²) in [5, 5.41) is 4.00. The minimum absolute atomic E-state index is 0. The summed E-state index contributed by atoms with van der Waals surface area (Å²) in [5.41, 5.74) is 1.05. The maximum Gasteiger partial charge on any atom is 0.179 e. The Labute approximate surface area is 141 Å². The first kappa shape index (κ1) is 17.0. The quantitative estimate of drug-likeness (QED) is 0.899. The first-order valence-corrected chi connectivity index (χ1v) is 7.39. The van der Waals surface area contributed by atoms with Gasteiger partial charge in [0.1, 0.15) is 24.7 Å². The normalized spacial score (nSPS) is 14.3. The van der Waals surface area contributed by atoms with Gasteiger partial charge in [0.2, 0.25) is 0 Å². The average Bonchev–Trinajstić information content (AvgIpc) is 2.91. The summed E-state index contributed by atoms with van der Waals surface area (Å²) in [6.07, 6.45) is 0. The predicted octanol–water partition coefficient (Wildman–Crippen LogP) is 4.29. The van der Waals surface area contributed by atoms with Gasteiger partial charge in [0.05, 0.1) is 11.1 Å². The molecule has 0 aliphatic carbocycles. The van der Waals surface area contributed by atoms with Crippen molar-refractivity contribution in [2.24, 2.45) is 0 Å². The van der Waals surface area contributed by atoms with Crippen LogP contribution in [0.4, 0.5) is 0 Å². The maximum absolute atomic E-state index is 6.23. The molecule has 0 amide bonds. The van der Waals surface area contributed by atoms with Crippen molar-refractivity contribution in [2.75, 3.05) is 13.2 Å². The van der Waals surface area contributed by atoms with Crippen LogP contribution in [0.5, 0.6) is 11.5 Å². The Morgan fingerprint density at radius 2 is 2.00 bits per heavy atom. The van der Waals surface area contributed by atoms with E-state index in [1.54, 1.807) is 0 Å². The van der Waals surface area contributed by atoms with Crippen LogP contribution in [0.1, 0.15) is 30.0 Å². The molecule has 1 aliphatic heterocycles. The Morgan fingerprint density at radius 3 is 2.73 bits per heavy atom. The number of benzene rings is 1. The van der Waals surface area contributed by atoms with Crippen LogP contribution in [0, 0.1) is 6.92 Å². The highest BCUT2D eigenvalue weighted by Gasteiger charge is 2.17. The van der Waals surface area contributed by atoms with Gasteiger partial charge in [-0.3, -0.25) is 0 Å². The third-order valence-corrected chi connectivity index (χ3v) is 3.74. The number of halogens is 2. The van der Waals surface area contributed by atoms with Crippen LogP contribution >= 0.6 is 24.0 Å². The zero-order valence-electron chi connectivity index (χ0n) is 12.5. The molecular weight excluding hydrogens is 325 g/mol. The zero-order valence-corrected chi connectivity index (χ0v) is 14.1. The highest BCUT2D eigenvalue weighted by atomic mass is 35.5. The largest absolute Gasteiger partial charge is 0.486 e. The van der Waals surface area contributed by atoms with Crippen molar-refractivity contribution in [3.05, 3.63) is 46.4 Å². The molecule has 1 aromatic carbocycles.